The van der Waals surface area contributed by atoms with Crippen LogP contribution in [0, 0.1) is 33.8 Å². The third-order valence-electron chi connectivity index (χ3n) is 15.0. The van der Waals surface area contributed by atoms with E-state index in [2.05, 4.69) is 5.16 Å². The molecule has 1 aromatic rings. The number of non-ortho nitro benzene ring substituents is 1. The summed E-state index contributed by atoms with van der Waals surface area (Å²) < 4.78 is 55.4. The third kappa shape index (κ3) is 16.1. The molecule has 0 radical (unpaired) electrons. The number of oxime groups is 1. The minimum atomic E-state index is -1.52. The van der Waals surface area contributed by atoms with Gasteiger partial charge in [-0.15, -0.1) is 0 Å². The molecule has 0 saturated carbocycles. The number of carbonyl (C=O) groups excluding carboxylic acids is 2. The number of nitro benzene ring substituents is 1. The second kappa shape index (κ2) is 28.2. The molecule has 0 aliphatic carbocycles. The van der Waals surface area contributed by atoms with Gasteiger partial charge in [-0.25, -0.2) is 0 Å². The number of hydrogen-bond donors (Lipinski definition) is 5. The first kappa shape index (κ1) is 62.0. The molecule has 22 nitrogen and oxygen atoms in total. The van der Waals surface area contributed by atoms with Crippen LogP contribution in [-0.2, 0) is 63.7 Å². The van der Waals surface area contributed by atoms with Crippen molar-refractivity contribution in [3.05, 3.63) is 63.7 Å². The standard InChI is InChI=1S/C53H83N3O19/c1-13-40-36(27-68-52-49(67-12)48(66-11)44(60)31(5)71-52)22-28(2)14-19-38(54-69-26-34-15-17-37(18-16-34)56(64)65)29(3)23-35(20-21-57)46(30(4)39(58)24-41(59)73-40)75-51-45(61)43(55(9)10)47(32(6)72-51)74-42-25-53(8,63)50(62)33(7)70-42/h14-19,21-22,29-33,35-36,39-40,42-52,58,60-63H,13,20,23-27H2,1-12H3/b19-14+,28-22+,54-38+. The number of rotatable bonds is 17. The van der Waals surface area contributed by atoms with Crippen LogP contribution in [-0.4, -0.2) is 192 Å². The first-order chi connectivity index (χ1) is 35.4. The number of aliphatic hydroxyl groups is 5. The number of aliphatic hydroxyl groups excluding tert-OH is 4. The van der Waals surface area contributed by atoms with Gasteiger partial charge in [-0.05, 0) is 91.2 Å². The highest BCUT2D eigenvalue weighted by Gasteiger charge is 2.52. The summed E-state index contributed by atoms with van der Waals surface area (Å²) in [6.07, 6.45) is -8.44. The van der Waals surface area contributed by atoms with Crippen LogP contribution in [0.5, 0.6) is 0 Å². The summed E-state index contributed by atoms with van der Waals surface area (Å²) >= 11 is 0. The van der Waals surface area contributed by atoms with Crippen molar-refractivity contribution in [3.8, 4) is 0 Å². The van der Waals surface area contributed by atoms with Crippen molar-refractivity contribution < 1.29 is 87.5 Å². The number of nitrogens with zero attached hydrogens (tertiary/aromatic N) is 3. The summed E-state index contributed by atoms with van der Waals surface area (Å²) in [5, 5.41) is 72.4. The van der Waals surface area contributed by atoms with E-state index in [-0.39, 0.29) is 38.2 Å². The van der Waals surface area contributed by atoms with E-state index in [4.69, 9.17) is 47.5 Å². The van der Waals surface area contributed by atoms with E-state index in [0.29, 0.717) is 23.3 Å². The molecule has 4 heterocycles. The predicted molar refractivity (Wildman–Crippen MR) is 271 cm³/mol. The lowest BCUT2D eigenvalue weighted by Gasteiger charge is -2.50. The van der Waals surface area contributed by atoms with E-state index >= 15 is 0 Å². The largest absolute Gasteiger partial charge is 0.462 e. The van der Waals surface area contributed by atoms with Gasteiger partial charge in [0.25, 0.3) is 5.69 Å². The molecule has 21 unspecified atom stereocenters. The van der Waals surface area contributed by atoms with Crippen molar-refractivity contribution in [2.24, 2.45) is 28.8 Å². The second-order valence-electron chi connectivity index (χ2n) is 21.1. The topological polar surface area (TPSA) is 286 Å². The SMILES string of the molecule is CCC1OC(=O)CC(O)C(C)C(OC2OC(C)C(OC3CC(C)(O)C(O)C(C)O3)C(N(C)C)C2O)C(CC=O)CC(C)C(=N/OCc2ccc([N+](=O)[O-])cc2)/C=C/C(C)=C/C1COC1OC(C)C(O)C(OC)C1OC. The number of likely N-dealkylation sites (N-methyl/N-ethyl adjacent to an activating group) is 1. The fourth-order valence-electron chi connectivity index (χ4n) is 10.5. The van der Waals surface area contributed by atoms with Gasteiger partial charge < -0.3 is 82.7 Å². The van der Waals surface area contributed by atoms with Crippen molar-refractivity contribution in [2.75, 3.05) is 34.9 Å². The fourth-order valence-corrected chi connectivity index (χ4v) is 10.5. The number of aldehydes is 1. The minimum absolute atomic E-state index is 0.0299. The van der Waals surface area contributed by atoms with E-state index in [1.165, 1.54) is 33.3 Å². The van der Waals surface area contributed by atoms with Crippen molar-refractivity contribution >= 4 is 23.7 Å². The molecule has 22 heteroatoms. The summed E-state index contributed by atoms with van der Waals surface area (Å²) in [6, 6.07) is 5.10. The van der Waals surface area contributed by atoms with Crippen molar-refractivity contribution in [2.45, 2.75) is 198 Å². The Morgan fingerprint density at radius 3 is 2.16 bits per heavy atom. The Balaban J connectivity index is 1.51. The minimum Gasteiger partial charge on any atom is -0.462 e. The lowest BCUT2D eigenvalue weighted by molar-refractivity contribution is -0.384. The van der Waals surface area contributed by atoms with Gasteiger partial charge in [0, 0.05) is 56.9 Å². The third-order valence-corrected chi connectivity index (χ3v) is 15.0. The molecule has 1 aromatic carbocycles. The van der Waals surface area contributed by atoms with Crippen molar-refractivity contribution in [3.63, 3.8) is 0 Å². The average molecular weight is 1070 g/mol. The Kier molecular flexibility index (Phi) is 23.3. The van der Waals surface area contributed by atoms with Crippen LogP contribution >= 0.6 is 0 Å². The van der Waals surface area contributed by atoms with Gasteiger partial charge in [0.2, 0.25) is 0 Å². The predicted octanol–water partition coefficient (Wildman–Crippen LogP) is 3.75. The summed E-state index contributed by atoms with van der Waals surface area (Å²) in [5.41, 5.74) is 0.194. The molecule has 0 spiro atoms. The Morgan fingerprint density at radius 1 is 0.893 bits per heavy atom. The number of nitro groups is 1. The van der Waals surface area contributed by atoms with Gasteiger partial charge in [-0.1, -0.05) is 43.7 Å². The number of cyclic esters (lactones) is 1. The molecule has 21 atom stereocenters. The van der Waals surface area contributed by atoms with E-state index in [0.717, 1.165) is 6.29 Å². The van der Waals surface area contributed by atoms with Crippen molar-refractivity contribution in [1.29, 1.82) is 0 Å². The molecular weight excluding hydrogens is 983 g/mol. The van der Waals surface area contributed by atoms with Crippen LogP contribution in [0.25, 0.3) is 0 Å². The normalized spacial score (nSPS) is 41.3. The Hall–Kier alpha value is -3.85. The van der Waals surface area contributed by atoms with Crippen LogP contribution < -0.4 is 0 Å². The van der Waals surface area contributed by atoms with E-state index in [1.54, 1.807) is 64.9 Å². The van der Waals surface area contributed by atoms with Crippen molar-refractivity contribution in [1.82, 2.24) is 4.90 Å². The number of benzene rings is 1. The first-order valence-electron chi connectivity index (χ1n) is 25.9. The van der Waals surface area contributed by atoms with Crippen LogP contribution in [0.3, 0.4) is 0 Å². The van der Waals surface area contributed by atoms with Crippen LogP contribution in [0.2, 0.25) is 0 Å². The number of methoxy groups -OCH3 is 2. The van der Waals surface area contributed by atoms with Crippen LogP contribution in [0.1, 0.15) is 93.1 Å². The first-order valence-corrected chi connectivity index (χ1v) is 25.9. The zero-order valence-electron chi connectivity index (χ0n) is 45.4. The summed E-state index contributed by atoms with van der Waals surface area (Å²) in [7, 11) is 6.43. The molecule has 4 aliphatic rings. The smallest absolute Gasteiger partial charge is 0.308 e. The molecule has 3 fully saturated rings. The van der Waals surface area contributed by atoms with Gasteiger partial charge in [-0.2, -0.15) is 0 Å². The molecule has 0 amide bonds. The Labute approximate surface area is 440 Å². The summed E-state index contributed by atoms with van der Waals surface area (Å²) in [5.74, 6) is -3.33. The van der Waals surface area contributed by atoms with Gasteiger partial charge in [0.1, 0.15) is 55.6 Å². The second-order valence-corrected chi connectivity index (χ2v) is 21.1. The molecule has 0 bridgehead atoms. The maximum absolute atomic E-state index is 14.0. The number of carbonyl (C=O) groups is 2. The Morgan fingerprint density at radius 2 is 1.56 bits per heavy atom. The highest BCUT2D eigenvalue weighted by Crippen LogP contribution is 2.38. The highest BCUT2D eigenvalue weighted by molar-refractivity contribution is 5.96. The lowest BCUT2D eigenvalue weighted by Crippen LogP contribution is -2.65. The summed E-state index contributed by atoms with van der Waals surface area (Å²) in [4.78, 5) is 45.1. The molecular formula is C53H83N3O19. The molecule has 424 valence electrons. The van der Waals surface area contributed by atoms with E-state index < -0.39 is 145 Å². The quantitative estimate of drug-likeness (QED) is 0.0643. The maximum atomic E-state index is 14.0. The van der Waals surface area contributed by atoms with Gasteiger partial charge >= 0.3 is 5.97 Å². The molecule has 5 N–H and O–H groups in total. The lowest BCUT2D eigenvalue weighted by atomic mass is 9.79. The molecule has 75 heavy (non-hydrogen) atoms. The van der Waals surface area contributed by atoms with E-state index in [9.17, 15) is 45.2 Å². The van der Waals surface area contributed by atoms with Gasteiger partial charge in [-0.3, -0.25) is 14.9 Å². The van der Waals surface area contributed by atoms with Gasteiger partial charge in [0.05, 0.1) is 65.8 Å². The fraction of sp³-hybridized carbons (Fsp3) is 0.755. The number of allylic oxidation sites excluding steroid dienone is 3. The zero-order chi connectivity index (χ0) is 55.5. The highest BCUT2D eigenvalue weighted by atomic mass is 16.7. The van der Waals surface area contributed by atoms with Gasteiger partial charge in [0.15, 0.2) is 18.9 Å². The summed E-state index contributed by atoms with van der Waals surface area (Å²) in [6.45, 7) is 13.8. The number of hydrogen-bond acceptors (Lipinski definition) is 21. The molecule has 0 aromatic heterocycles. The van der Waals surface area contributed by atoms with E-state index in [1.807, 2.05) is 32.9 Å². The zero-order valence-corrected chi connectivity index (χ0v) is 45.4. The molecule has 3 saturated heterocycles. The molecule has 4 aliphatic heterocycles. The number of esters is 1. The Bertz CT molecular complexity index is 2070. The number of ether oxygens (including phenoxy) is 9. The van der Waals surface area contributed by atoms with Crippen LogP contribution in [0.15, 0.2) is 53.2 Å². The monoisotopic (exact) mass is 1070 g/mol. The maximum Gasteiger partial charge on any atom is 0.308 e. The molecule has 5 rings (SSSR count). The average Bonchev–Trinajstić information content (AvgIpc) is 3.35. The van der Waals surface area contributed by atoms with Crippen LogP contribution in [0.4, 0.5) is 5.69 Å².